The largest absolute Gasteiger partial charge is 0.466 e. The van der Waals surface area contributed by atoms with Crippen LogP contribution in [0.1, 0.15) is 26.7 Å². The minimum absolute atomic E-state index is 0.0889. The van der Waals surface area contributed by atoms with E-state index in [2.05, 4.69) is 0 Å². The Kier molecular flexibility index (Phi) is 4.73. The topological polar surface area (TPSA) is 72.6 Å². The van der Waals surface area contributed by atoms with Crippen LogP contribution in [0.3, 0.4) is 0 Å². The monoisotopic (exact) mass is 228 g/mol. The number of esters is 1. The second kappa shape index (κ2) is 5.84. The molecule has 1 aliphatic rings. The van der Waals surface area contributed by atoms with E-state index in [0.717, 1.165) is 12.8 Å². The smallest absolute Gasteiger partial charge is 0.310 e. The lowest BCUT2D eigenvalue weighted by Gasteiger charge is -2.32. The highest BCUT2D eigenvalue weighted by Gasteiger charge is 2.30. The Hall–Kier alpha value is -1.10. The Morgan fingerprint density at radius 3 is 2.81 bits per heavy atom. The van der Waals surface area contributed by atoms with E-state index >= 15 is 0 Å². The van der Waals surface area contributed by atoms with E-state index in [1.165, 1.54) is 0 Å². The Balaban J connectivity index is 2.53. The van der Waals surface area contributed by atoms with Crippen LogP contribution in [0.25, 0.3) is 0 Å². The lowest BCUT2D eigenvalue weighted by molar-refractivity contribution is -0.151. The van der Waals surface area contributed by atoms with Crippen molar-refractivity contribution in [2.24, 2.45) is 11.7 Å². The number of ether oxygens (including phenoxy) is 1. The zero-order chi connectivity index (χ0) is 12.1. The van der Waals surface area contributed by atoms with Gasteiger partial charge >= 0.3 is 5.97 Å². The summed E-state index contributed by atoms with van der Waals surface area (Å²) in [6, 6.07) is -0.499. The summed E-state index contributed by atoms with van der Waals surface area (Å²) in [5.41, 5.74) is 5.54. The van der Waals surface area contributed by atoms with Crippen LogP contribution in [-0.4, -0.2) is 42.5 Å². The van der Waals surface area contributed by atoms with E-state index < -0.39 is 6.04 Å². The number of carbonyl (C=O) groups excluding carboxylic acids is 2. The average Bonchev–Trinajstić information content (AvgIpc) is 2.28. The first-order chi connectivity index (χ1) is 7.56. The van der Waals surface area contributed by atoms with Crippen molar-refractivity contribution in [2.45, 2.75) is 32.7 Å². The number of hydrogen-bond donors (Lipinski definition) is 1. The van der Waals surface area contributed by atoms with Gasteiger partial charge < -0.3 is 15.4 Å². The first-order valence-corrected chi connectivity index (χ1v) is 5.77. The highest BCUT2D eigenvalue weighted by molar-refractivity contribution is 5.82. The molecular weight excluding hydrogens is 208 g/mol. The van der Waals surface area contributed by atoms with Gasteiger partial charge in [0.05, 0.1) is 18.6 Å². The van der Waals surface area contributed by atoms with Gasteiger partial charge in [-0.3, -0.25) is 9.59 Å². The highest BCUT2D eigenvalue weighted by Crippen LogP contribution is 2.18. The molecule has 5 heteroatoms. The molecule has 0 aliphatic carbocycles. The summed E-state index contributed by atoms with van der Waals surface area (Å²) < 4.78 is 4.96. The minimum atomic E-state index is -0.499. The predicted molar refractivity (Wildman–Crippen MR) is 59.6 cm³/mol. The SMILES string of the molecule is CCOC(=O)C1CCCN(C(=O)[C@H](C)N)C1. The van der Waals surface area contributed by atoms with E-state index in [1.54, 1.807) is 18.7 Å². The first-order valence-electron chi connectivity index (χ1n) is 5.77. The fourth-order valence-electron chi connectivity index (χ4n) is 1.92. The third kappa shape index (κ3) is 3.20. The van der Waals surface area contributed by atoms with Crippen LogP contribution in [0.2, 0.25) is 0 Å². The van der Waals surface area contributed by atoms with Gasteiger partial charge in [-0.05, 0) is 26.7 Å². The fraction of sp³-hybridized carbons (Fsp3) is 0.818. The van der Waals surface area contributed by atoms with Crippen LogP contribution in [0.5, 0.6) is 0 Å². The number of hydrogen-bond acceptors (Lipinski definition) is 4. The van der Waals surface area contributed by atoms with E-state index in [9.17, 15) is 9.59 Å². The van der Waals surface area contributed by atoms with Crippen molar-refractivity contribution in [1.82, 2.24) is 4.90 Å². The third-order valence-corrected chi connectivity index (χ3v) is 2.74. The predicted octanol–water partition coefficient (Wildman–Crippen LogP) is 0.135. The van der Waals surface area contributed by atoms with Crippen molar-refractivity contribution in [2.75, 3.05) is 19.7 Å². The molecule has 0 saturated carbocycles. The van der Waals surface area contributed by atoms with Crippen LogP contribution >= 0.6 is 0 Å². The maximum absolute atomic E-state index is 11.7. The summed E-state index contributed by atoms with van der Waals surface area (Å²) in [6.45, 7) is 4.97. The van der Waals surface area contributed by atoms with Gasteiger partial charge in [0.25, 0.3) is 0 Å². The molecule has 0 aromatic heterocycles. The summed E-state index contributed by atoms with van der Waals surface area (Å²) >= 11 is 0. The van der Waals surface area contributed by atoms with Gasteiger partial charge in [0.2, 0.25) is 5.91 Å². The lowest BCUT2D eigenvalue weighted by atomic mass is 9.98. The standard InChI is InChI=1S/C11H20N2O3/c1-3-16-11(15)9-5-4-6-13(7-9)10(14)8(2)12/h8-9H,3-7,12H2,1-2H3/t8-,9?/m0/s1. The zero-order valence-corrected chi connectivity index (χ0v) is 9.94. The average molecular weight is 228 g/mol. The van der Waals surface area contributed by atoms with Crippen molar-refractivity contribution >= 4 is 11.9 Å². The van der Waals surface area contributed by atoms with Gasteiger partial charge in [0, 0.05) is 13.1 Å². The Labute approximate surface area is 95.9 Å². The van der Waals surface area contributed by atoms with E-state index in [0.29, 0.717) is 19.7 Å². The normalized spacial score (nSPS) is 22.7. The first kappa shape index (κ1) is 13.0. The van der Waals surface area contributed by atoms with Crippen LogP contribution in [-0.2, 0) is 14.3 Å². The van der Waals surface area contributed by atoms with E-state index in [4.69, 9.17) is 10.5 Å². The molecule has 2 N–H and O–H groups in total. The highest BCUT2D eigenvalue weighted by atomic mass is 16.5. The Morgan fingerprint density at radius 2 is 2.25 bits per heavy atom. The van der Waals surface area contributed by atoms with Crippen molar-refractivity contribution in [3.63, 3.8) is 0 Å². The molecule has 1 fully saturated rings. The van der Waals surface area contributed by atoms with Gasteiger partial charge in [0.15, 0.2) is 0 Å². The Morgan fingerprint density at radius 1 is 1.56 bits per heavy atom. The molecule has 0 aromatic rings. The van der Waals surface area contributed by atoms with Crippen LogP contribution in [0, 0.1) is 5.92 Å². The maximum Gasteiger partial charge on any atom is 0.310 e. The number of piperidine rings is 1. The molecule has 1 saturated heterocycles. The summed E-state index contributed by atoms with van der Waals surface area (Å²) in [5.74, 6) is -0.477. The lowest BCUT2D eigenvalue weighted by Crippen LogP contribution is -2.48. The molecular formula is C11H20N2O3. The summed E-state index contributed by atoms with van der Waals surface area (Å²) in [7, 11) is 0. The molecule has 92 valence electrons. The molecule has 0 radical (unpaired) electrons. The second-order valence-corrected chi connectivity index (χ2v) is 4.16. The molecule has 0 spiro atoms. The maximum atomic E-state index is 11.7. The van der Waals surface area contributed by atoms with E-state index in [1.807, 2.05) is 0 Å². The number of nitrogens with two attached hydrogens (primary N) is 1. The molecule has 16 heavy (non-hydrogen) atoms. The molecule has 1 heterocycles. The van der Waals surface area contributed by atoms with Crippen LogP contribution < -0.4 is 5.73 Å². The van der Waals surface area contributed by atoms with Gasteiger partial charge in [-0.25, -0.2) is 0 Å². The number of carbonyl (C=O) groups is 2. The van der Waals surface area contributed by atoms with Gasteiger partial charge in [-0.15, -0.1) is 0 Å². The second-order valence-electron chi connectivity index (χ2n) is 4.16. The fourth-order valence-corrected chi connectivity index (χ4v) is 1.92. The van der Waals surface area contributed by atoms with E-state index in [-0.39, 0.29) is 17.8 Å². The van der Waals surface area contributed by atoms with Crippen molar-refractivity contribution in [3.8, 4) is 0 Å². The number of amides is 1. The quantitative estimate of drug-likeness (QED) is 0.697. The molecule has 5 nitrogen and oxygen atoms in total. The molecule has 1 rings (SSSR count). The zero-order valence-electron chi connectivity index (χ0n) is 9.94. The Bertz CT molecular complexity index is 266. The molecule has 2 atom stereocenters. The van der Waals surface area contributed by atoms with Crippen LogP contribution in [0.15, 0.2) is 0 Å². The molecule has 0 aromatic carbocycles. The summed E-state index contributed by atoms with van der Waals surface area (Å²) in [4.78, 5) is 24.9. The minimum Gasteiger partial charge on any atom is -0.466 e. The van der Waals surface area contributed by atoms with Crippen molar-refractivity contribution in [3.05, 3.63) is 0 Å². The summed E-state index contributed by atoms with van der Waals surface area (Å²) in [5, 5.41) is 0. The molecule has 0 bridgehead atoms. The number of nitrogens with zero attached hydrogens (tertiary/aromatic N) is 1. The van der Waals surface area contributed by atoms with Gasteiger partial charge in [-0.2, -0.15) is 0 Å². The molecule has 1 aliphatic heterocycles. The number of rotatable bonds is 3. The van der Waals surface area contributed by atoms with Crippen LogP contribution in [0.4, 0.5) is 0 Å². The number of likely N-dealkylation sites (tertiary alicyclic amines) is 1. The molecule has 1 amide bonds. The molecule has 1 unspecified atom stereocenters. The van der Waals surface area contributed by atoms with Crippen molar-refractivity contribution < 1.29 is 14.3 Å². The van der Waals surface area contributed by atoms with Crippen molar-refractivity contribution in [1.29, 1.82) is 0 Å². The summed E-state index contributed by atoms with van der Waals surface area (Å²) in [6.07, 6.45) is 1.63. The third-order valence-electron chi connectivity index (χ3n) is 2.74. The van der Waals surface area contributed by atoms with Gasteiger partial charge in [0.1, 0.15) is 0 Å². The van der Waals surface area contributed by atoms with Gasteiger partial charge in [-0.1, -0.05) is 0 Å².